The van der Waals surface area contributed by atoms with E-state index in [0.717, 1.165) is 38.4 Å². The van der Waals surface area contributed by atoms with Gasteiger partial charge < -0.3 is 9.42 Å². The molecule has 1 saturated heterocycles. The van der Waals surface area contributed by atoms with Crippen molar-refractivity contribution in [2.45, 2.75) is 25.7 Å². The molecule has 78 valence electrons. The molecule has 14 heavy (non-hydrogen) atoms. The third-order valence-electron chi connectivity index (χ3n) is 2.80. The van der Waals surface area contributed by atoms with Crippen LogP contribution in [0.1, 0.15) is 31.6 Å². The van der Waals surface area contributed by atoms with Gasteiger partial charge in [0.1, 0.15) is 0 Å². The summed E-state index contributed by atoms with van der Waals surface area (Å²) in [6.07, 6.45) is 2.25. The van der Waals surface area contributed by atoms with Crippen LogP contribution in [0.5, 0.6) is 0 Å². The Hall–Kier alpha value is -0.420. The Balaban J connectivity index is 1.95. The van der Waals surface area contributed by atoms with Crippen molar-refractivity contribution in [3.05, 3.63) is 10.6 Å². The number of aromatic nitrogens is 2. The molecule has 1 aromatic rings. The van der Waals surface area contributed by atoms with Crippen molar-refractivity contribution in [1.29, 1.82) is 0 Å². The Labute approximate surface area is 91.8 Å². The van der Waals surface area contributed by atoms with Gasteiger partial charge in [-0.2, -0.15) is 4.98 Å². The lowest BCUT2D eigenvalue weighted by Gasteiger charge is -2.28. The zero-order valence-corrected chi connectivity index (χ0v) is 9.83. The van der Waals surface area contributed by atoms with Gasteiger partial charge in [0.15, 0.2) is 0 Å². The van der Waals surface area contributed by atoms with E-state index in [1.54, 1.807) is 0 Å². The molecule has 0 amide bonds. The molecule has 2 rings (SSSR count). The minimum absolute atomic E-state index is 0.455. The summed E-state index contributed by atoms with van der Waals surface area (Å²) in [5, 5.41) is 3.75. The SMILES string of the molecule is CCN1CCC(c2nc(Br)no2)CC1. The van der Waals surface area contributed by atoms with Crippen LogP contribution < -0.4 is 0 Å². The first kappa shape index (κ1) is 10.1. The molecule has 1 aliphatic heterocycles. The minimum Gasteiger partial charge on any atom is -0.338 e. The number of likely N-dealkylation sites (tertiary alicyclic amines) is 1. The summed E-state index contributed by atoms with van der Waals surface area (Å²) in [7, 11) is 0. The Morgan fingerprint density at radius 3 is 2.71 bits per heavy atom. The molecule has 1 fully saturated rings. The lowest BCUT2D eigenvalue weighted by atomic mass is 9.97. The highest BCUT2D eigenvalue weighted by Gasteiger charge is 2.23. The van der Waals surface area contributed by atoms with Crippen molar-refractivity contribution >= 4 is 15.9 Å². The number of nitrogens with zero attached hydrogens (tertiary/aromatic N) is 3. The number of piperidine rings is 1. The zero-order valence-electron chi connectivity index (χ0n) is 8.24. The summed E-state index contributed by atoms with van der Waals surface area (Å²) in [6.45, 7) is 5.62. The topological polar surface area (TPSA) is 42.2 Å². The van der Waals surface area contributed by atoms with Gasteiger partial charge in [0.2, 0.25) is 10.6 Å². The summed E-state index contributed by atoms with van der Waals surface area (Å²) in [6, 6.07) is 0. The fraction of sp³-hybridized carbons (Fsp3) is 0.778. The Morgan fingerprint density at radius 2 is 2.21 bits per heavy atom. The van der Waals surface area contributed by atoms with E-state index in [1.165, 1.54) is 0 Å². The van der Waals surface area contributed by atoms with E-state index in [9.17, 15) is 0 Å². The second kappa shape index (κ2) is 4.40. The second-order valence-electron chi connectivity index (χ2n) is 3.61. The van der Waals surface area contributed by atoms with E-state index in [4.69, 9.17) is 4.52 Å². The highest BCUT2D eigenvalue weighted by molar-refractivity contribution is 9.10. The maximum absolute atomic E-state index is 5.15. The van der Waals surface area contributed by atoms with Crippen LogP contribution in [-0.2, 0) is 0 Å². The first-order valence-corrected chi connectivity index (χ1v) is 5.80. The molecule has 0 bridgehead atoms. The highest BCUT2D eigenvalue weighted by Crippen LogP contribution is 2.26. The normalized spacial score (nSPS) is 20.1. The molecule has 5 heteroatoms. The van der Waals surface area contributed by atoms with Crippen LogP contribution >= 0.6 is 15.9 Å². The maximum atomic E-state index is 5.15. The van der Waals surface area contributed by atoms with Gasteiger partial charge in [-0.05, 0) is 53.6 Å². The van der Waals surface area contributed by atoms with Gasteiger partial charge in [0.25, 0.3) is 0 Å². The van der Waals surface area contributed by atoms with Crippen molar-refractivity contribution in [3.8, 4) is 0 Å². The van der Waals surface area contributed by atoms with Gasteiger partial charge >= 0.3 is 0 Å². The largest absolute Gasteiger partial charge is 0.338 e. The summed E-state index contributed by atoms with van der Waals surface area (Å²) >= 11 is 3.20. The minimum atomic E-state index is 0.455. The van der Waals surface area contributed by atoms with E-state index in [-0.39, 0.29) is 0 Å². The molecule has 0 N–H and O–H groups in total. The molecular weight excluding hydrogens is 246 g/mol. The third-order valence-corrected chi connectivity index (χ3v) is 3.12. The van der Waals surface area contributed by atoms with E-state index >= 15 is 0 Å². The summed E-state index contributed by atoms with van der Waals surface area (Å²) in [5.41, 5.74) is 0. The van der Waals surface area contributed by atoms with Gasteiger partial charge in [0.05, 0.1) is 0 Å². The third kappa shape index (κ3) is 2.15. The summed E-state index contributed by atoms with van der Waals surface area (Å²) in [4.78, 5) is 6.65. The molecule has 1 aliphatic rings. The molecule has 1 aromatic heterocycles. The average Bonchev–Trinajstić information content (AvgIpc) is 2.65. The van der Waals surface area contributed by atoms with Crippen LogP contribution in [0, 0.1) is 0 Å². The fourth-order valence-electron chi connectivity index (χ4n) is 1.88. The van der Waals surface area contributed by atoms with Gasteiger partial charge in [-0.25, -0.2) is 0 Å². The van der Waals surface area contributed by atoms with Crippen LogP contribution in [0.2, 0.25) is 0 Å². The number of halogens is 1. The summed E-state index contributed by atoms with van der Waals surface area (Å²) in [5.74, 6) is 1.24. The van der Waals surface area contributed by atoms with Crippen molar-refractivity contribution in [1.82, 2.24) is 15.0 Å². The zero-order chi connectivity index (χ0) is 9.97. The van der Waals surface area contributed by atoms with Gasteiger partial charge in [0, 0.05) is 5.92 Å². The first-order chi connectivity index (χ1) is 6.79. The van der Waals surface area contributed by atoms with Gasteiger partial charge in [-0.15, -0.1) is 0 Å². The quantitative estimate of drug-likeness (QED) is 0.816. The van der Waals surface area contributed by atoms with Crippen molar-refractivity contribution in [2.75, 3.05) is 19.6 Å². The molecule has 0 atom stereocenters. The number of rotatable bonds is 2. The molecule has 0 spiro atoms. The maximum Gasteiger partial charge on any atom is 0.238 e. The standard InChI is InChI=1S/C9H14BrN3O/c1-2-13-5-3-7(4-6-13)8-11-9(10)12-14-8/h7H,2-6H2,1H3. The van der Waals surface area contributed by atoms with Crippen molar-refractivity contribution < 1.29 is 4.52 Å². The second-order valence-corrected chi connectivity index (χ2v) is 4.32. The molecule has 0 unspecified atom stereocenters. The van der Waals surface area contributed by atoms with E-state index in [2.05, 4.69) is 37.9 Å². The molecule has 0 saturated carbocycles. The molecule has 4 nitrogen and oxygen atoms in total. The Bertz CT molecular complexity index is 294. The van der Waals surface area contributed by atoms with Crippen LogP contribution in [-0.4, -0.2) is 34.7 Å². The molecule has 0 aliphatic carbocycles. The highest BCUT2D eigenvalue weighted by atomic mass is 79.9. The fourth-order valence-corrected chi connectivity index (χ4v) is 2.13. The van der Waals surface area contributed by atoms with Gasteiger partial charge in [-0.3, -0.25) is 0 Å². The van der Waals surface area contributed by atoms with Crippen LogP contribution in [0.25, 0.3) is 0 Å². The lowest BCUT2D eigenvalue weighted by molar-refractivity contribution is 0.202. The number of hydrogen-bond donors (Lipinski definition) is 0. The van der Waals surface area contributed by atoms with Crippen LogP contribution in [0.4, 0.5) is 0 Å². The summed E-state index contributed by atoms with van der Waals surface area (Å²) < 4.78 is 5.71. The first-order valence-electron chi connectivity index (χ1n) is 5.01. The Kier molecular flexibility index (Phi) is 3.18. The molecule has 2 heterocycles. The predicted octanol–water partition coefficient (Wildman–Crippen LogP) is 2.03. The number of hydrogen-bond acceptors (Lipinski definition) is 4. The molecule has 0 radical (unpaired) electrons. The van der Waals surface area contributed by atoms with Crippen LogP contribution in [0.3, 0.4) is 0 Å². The monoisotopic (exact) mass is 259 g/mol. The lowest BCUT2D eigenvalue weighted by Crippen LogP contribution is -2.32. The van der Waals surface area contributed by atoms with Crippen LogP contribution in [0.15, 0.2) is 9.26 Å². The van der Waals surface area contributed by atoms with Crippen molar-refractivity contribution in [2.24, 2.45) is 0 Å². The van der Waals surface area contributed by atoms with Crippen molar-refractivity contribution in [3.63, 3.8) is 0 Å². The van der Waals surface area contributed by atoms with Gasteiger partial charge in [-0.1, -0.05) is 6.92 Å². The molecular formula is C9H14BrN3O. The van der Waals surface area contributed by atoms with E-state index in [1.807, 2.05) is 0 Å². The predicted molar refractivity (Wildman–Crippen MR) is 56.1 cm³/mol. The Morgan fingerprint density at radius 1 is 1.50 bits per heavy atom. The van der Waals surface area contributed by atoms with E-state index in [0.29, 0.717) is 10.7 Å². The molecule has 0 aromatic carbocycles. The average molecular weight is 260 g/mol. The van der Waals surface area contributed by atoms with E-state index < -0.39 is 0 Å². The smallest absolute Gasteiger partial charge is 0.238 e.